The number of aromatic nitrogens is 2. The lowest BCUT2D eigenvalue weighted by atomic mass is 10.2. The van der Waals surface area contributed by atoms with Crippen molar-refractivity contribution in [2.75, 3.05) is 24.3 Å². The van der Waals surface area contributed by atoms with Crippen LogP contribution in [0.25, 0.3) is 0 Å². The van der Waals surface area contributed by atoms with Gasteiger partial charge in [0, 0.05) is 14.1 Å². The number of hydrogen-bond donors (Lipinski definition) is 2. The van der Waals surface area contributed by atoms with Crippen LogP contribution in [-0.2, 0) is 13.5 Å². The lowest BCUT2D eigenvalue weighted by molar-refractivity contribution is 0.269. The van der Waals surface area contributed by atoms with Gasteiger partial charge in [-0.1, -0.05) is 13.3 Å². The van der Waals surface area contributed by atoms with Gasteiger partial charge >= 0.3 is 0 Å². The lowest BCUT2D eigenvalue weighted by Crippen LogP contribution is -2.33. The minimum atomic E-state index is 0.0344. The highest BCUT2D eigenvalue weighted by Gasteiger charge is 2.19. The predicted molar refractivity (Wildman–Crippen MR) is 66.6 cm³/mol. The minimum absolute atomic E-state index is 0.0344. The zero-order chi connectivity index (χ0) is 12.3. The first-order chi connectivity index (χ1) is 7.52. The molecule has 1 aromatic rings. The molecule has 0 radical (unpaired) electrons. The smallest absolute Gasteiger partial charge is 0.150 e. The third-order valence-corrected chi connectivity index (χ3v) is 2.88. The molecule has 0 aliphatic rings. The van der Waals surface area contributed by atoms with Crippen molar-refractivity contribution in [1.82, 2.24) is 9.78 Å². The van der Waals surface area contributed by atoms with Crippen LogP contribution in [0, 0.1) is 0 Å². The van der Waals surface area contributed by atoms with E-state index in [4.69, 9.17) is 10.8 Å². The van der Waals surface area contributed by atoms with Crippen LogP contribution < -0.4 is 10.6 Å². The van der Waals surface area contributed by atoms with Crippen molar-refractivity contribution in [3.8, 4) is 0 Å². The fraction of sp³-hybridized carbons (Fsp3) is 0.727. The number of anilines is 2. The van der Waals surface area contributed by atoms with Crippen LogP contribution in [0.4, 0.5) is 11.5 Å². The first-order valence-electron chi connectivity index (χ1n) is 5.67. The maximum Gasteiger partial charge on any atom is 0.150 e. The summed E-state index contributed by atoms with van der Waals surface area (Å²) in [6.45, 7) is 4.16. The molecule has 0 aliphatic heterocycles. The first kappa shape index (κ1) is 12.8. The Morgan fingerprint density at radius 1 is 1.56 bits per heavy atom. The Morgan fingerprint density at radius 3 is 2.69 bits per heavy atom. The minimum Gasteiger partial charge on any atom is -0.394 e. The van der Waals surface area contributed by atoms with E-state index in [-0.39, 0.29) is 12.6 Å². The van der Waals surface area contributed by atoms with Gasteiger partial charge in [-0.3, -0.25) is 4.68 Å². The highest BCUT2D eigenvalue weighted by atomic mass is 16.3. The van der Waals surface area contributed by atoms with Gasteiger partial charge in [0.1, 0.15) is 5.82 Å². The summed E-state index contributed by atoms with van der Waals surface area (Å²) in [5, 5.41) is 13.6. The summed E-state index contributed by atoms with van der Waals surface area (Å²) in [6.07, 6.45) is 1.92. The van der Waals surface area contributed by atoms with Crippen LogP contribution in [0.2, 0.25) is 0 Å². The third kappa shape index (κ3) is 2.29. The van der Waals surface area contributed by atoms with E-state index in [0.29, 0.717) is 0 Å². The van der Waals surface area contributed by atoms with Gasteiger partial charge in [0.05, 0.1) is 24.0 Å². The van der Waals surface area contributed by atoms with Crippen molar-refractivity contribution in [1.29, 1.82) is 0 Å². The highest BCUT2D eigenvalue weighted by Crippen LogP contribution is 2.27. The summed E-state index contributed by atoms with van der Waals surface area (Å²) < 4.78 is 1.78. The average Bonchev–Trinajstić information content (AvgIpc) is 2.53. The van der Waals surface area contributed by atoms with E-state index >= 15 is 0 Å². The normalized spacial score (nSPS) is 12.8. The Balaban J connectivity index is 3.03. The largest absolute Gasteiger partial charge is 0.394 e. The van der Waals surface area contributed by atoms with Crippen molar-refractivity contribution < 1.29 is 5.11 Å². The Labute approximate surface area is 96.9 Å². The van der Waals surface area contributed by atoms with Crippen LogP contribution in [0.1, 0.15) is 26.0 Å². The summed E-state index contributed by atoms with van der Waals surface area (Å²) in [5.41, 5.74) is 7.75. The molecule has 5 heteroatoms. The number of nitrogens with two attached hydrogens (primary N) is 1. The van der Waals surface area contributed by atoms with Crippen LogP contribution in [0.5, 0.6) is 0 Å². The van der Waals surface area contributed by atoms with Gasteiger partial charge < -0.3 is 15.7 Å². The summed E-state index contributed by atoms with van der Waals surface area (Å²) in [4.78, 5) is 1.96. The SMILES string of the molecule is CCCc1nn(C)c(N(C)C(C)CO)c1N. The number of likely N-dealkylation sites (N-methyl/N-ethyl adjacent to an activating group) is 1. The van der Waals surface area contributed by atoms with Crippen molar-refractivity contribution >= 4 is 11.5 Å². The fourth-order valence-corrected chi connectivity index (χ4v) is 1.76. The van der Waals surface area contributed by atoms with Crippen LogP contribution in [0.15, 0.2) is 0 Å². The van der Waals surface area contributed by atoms with Gasteiger partial charge in [0.2, 0.25) is 0 Å². The number of rotatable bonds is 5. The Bertz CT molecular complexity index is 348. The molecule has 1 heterocycles. The van der Waals surface area contributed by atoms with E-state index < -0.39 is 0 Å². The van der Waals surface area contributed by atoms with E-state index in [2.05, 4.69) is 12.0 Å². The zero-order valence-corrected chi connectivity index (χ0v) is 10.6. The van der Waals surface area contributed by atoms with E-state index in [1.807, 2.05) is 25.9 Å². The molecule has 0 amide bonds. The van der Waals surface area contributed by atoms with Gasteiger partial charge in [-0.15, -0.1) is 0 Å². The van der Waals surface area contributed by atoms with Crippen LogP contribution >= 0.6 is 0 Å². The Kier molecular flexibility index (Phi) is 4.18. The number of aryl methyl sites for hydroxylation is 2. The van der Waals surface area contributed by atoms with Crippen molar-refractivity contribution in [2.45, 2.75) is 32.7 Å². The van der Waals surface area contributed by atoms with Gasteiger partial charge in [-0.25, -0.2) is 0 Å². The topological polar surface area (TPSA) is 67.3 Å². The molecule has 3 N–H and O–H groups in total. The summed E-state index contributed by atoms with van der Waals surface area (Å²) in [6, 6.07) is 0.0344. The lowest BCUT2D eigenvalue weighted by Gasteiger charge is -2.25. The molecule has 0 spiro atoms. The molecule has 0 saturated heterocycles. The Hall–Kier alpha value is -1.23. The standard InChI is InChI=1S/C11H22N4O/c1-5-6-9-10(12)11(15(4)13-9)14(3)8(2)7-16/h8,16H,5-7,12H2,1-4H3. The number of aliphatic hydroxyl groups is 1. The number of nitrogens with zero attached hydrogens (tertiary/aromatic N) is 3. The molecule has 0 saturated carbocycles. The van der Waals surface area contributed by atoms with Crippen molar-refractivity contribution in [2.24, 2.45) is 7.05 Å². The van der Waals surface area contributed by atoms with Crippen molar-refractivity contribution in [3.05, 3.63) is 5.69 Å². The highest BCUT2D eigenvalue weighted by molar-refractivity contribution is 5.66. The second-order valence-corrected chi connectivity index (χ2v) is 4.20. The monoisotopic (exact) mass is 226 g/mol. The average molecular weight is 226 g/mol. The second kappa shape index (κ2) is 5.21. The maximum absolute atomic E-state index is 9.15. The Morgan fingerprint density at radius 2 is 2.19 bits per heavy atom. The first-order valence-corrected chi connectivity index (χ1v) is 5.67. The quantitative estimate of drug-likeness (QED) is 0.778. The summed E-state index contributed by atoms with van der Waals surface area (Å²) in [7, 11) is 3.80. The van der Waals surface area contributed by atoms with Crippen LogP contribution in [-0.4, -0.2) is 34.6 Å². The maximum atomic E-state index is 9.15. The third-order valence-electron chi connectivity index (χ3n) is 2.88. The number of aliphatic hydroxyl groups excluding tert-OH is 1. The molecule has 16 heavy (non-hydrogen) atoms. The molecule has 0 bridgehead atoms. The van der Waals surface area contributed by atoms with Gasteiger partial charge in [-0.2, -0.15) is 5.10 Å². The van der Waals surface area contributed by atoms with E-state index in [1.165, 1.54) is 0 Å². The van der Waals surface area contributed by atoms with E-state index in [0.717, 1.165) is 30.0 Å². The molecule has 1 aromatic heterocycles. The molecule has 1 atom stereocenters. The van der Waals surface area contributed by atoms with Crippen LogP contribution in [0.3, 0.4) is 0 Å². The molecule has 1 rings (SSSR count). The molecule has 0 aromatic carbocycles. The summed E-state index contributed by atoms with van der Waals surface area (Å²) >= 11 is 0. The second-order valence-electron chi connectivity index (χ2n) is 4.20. The van der Waals surface area contributed by atoms with Gasteiger partial charge in [0.25, 0.3) is 0 Å². The van der Waals surface area contributed by atoms with E-state index in [1.54, 1.807) is 4.68 Å². The molecule has 5 nitrogen and oxygen atoms in total. The zero-order valence-electron chi connectivity index (χ0n) is 10.6. The molecule has 0 fully saturated rings. The molecule has 1 unspecified atom stereocenters. The summed E-state index contributed by atoms with van der Waals surface area (Å²) in [5.74, 6) is 0.880. The van der Waals surface area contributed by atoms with Crippen molar-refractivity contribution in [3.63, 3.8) is 0 Å². The van der Waals surface area contributed by atoms with E-state index in [9.17, 15) is 0 Å². The number of hydrogen-bond acceptors (Lipinski definition) is 4. The molecule has 0 aliphatic carbocycles. The predicted octanol–water partition coefficient (Wildman–Crippen LogP) is 0.772. The number of nitrogen functional groups attached to an aromatic ring is 1. The van der Waals surface area contributed by atoms with Gasteiger partial charge in [-0.05, 0) is 13.3 Å². The van der Waals surface area contributed by atoms with Gasteiger partial charge in [0.15, 0.2) is 0 Å². The fourth-order valence-electron chi connectivity index (χ4n) is 1.76. The molecular weight excluding hydrogens is 204 g/mol. The molecule has 92 valence electrons. The molecular formula is C11H22N4O.